The van der Waals surface area contributed by atoms with Crippen LogP contribution in [0.15, 0.2) is 18.2 Å². The minimum Gasteiger partial charge on any atom is -0.481 e. The highest BCUT2D eigenvalue weighted by atomic mass is 19.1. The summed E-state index contributed by atoms with van der Waals surface area (Å²) in [5.41, 5.74) is 0.324. The van der Waals surface area contributed by atoms with Gasteiger partial charge in [0.2, 0.25) is 0 Å². The Labute approximate surface area is 92.3 Å². The van der Waals surface area contributed by atoms with Crippen molar-refractivity contribution in [1.29, 1.82) is 0 Å². The number of halogens is 2. The highest BCUT2D eigenvalue weighted by Crippen LogP contribution is 2.23. The second kappa shape index (κ2) is 5.03. The normalized spacial score (nSPS) is 12.8. The monoisotopic (exact) mass is 229 g/mol. The maximum absolute atomic E-state index is 13.0. The van der Waals surface area contributed by atoms with Gasteiger partial charge >= 0.3 is 5.97 Å². The summed E-state index contributed by atoms with van der Waals surface area (Å²) in [7, 11) is 3.33. The molecule has 0 fully saturated rings. The van der Waals surface area contributed by atoms with E-state index in [-0.39, 0.29) is 6.42 Å². The minimum atomic E-state index is -1.01. The van der Waals surface area contributed by atoms with E-state index in [1.165, 1.54) is 0 Å². The van der Waals surface area contributed by atoms with Crippen molar-refractivity contribution in [3.63, 3.8) is 0 Å². The van der Waals surface area contributed by atoms with E-state index >= 15 is 0 Å². The fraction of sp³-hybridized carbons (Fsp3) is 0.364. The van der Waals surface area contributed by atoms with Crippen LogP contribution in [0.1, 0.15) is 18.0 Å². The van der Waals surface area contributed by atoms with Gasteiger partial charge in [0.15, 0.2) is 0 Å². The molecule has 1 aromatic carbocycles. The molecule has 1 rings (SSSR count). The van der Waals surface area contributed by atoms with E-state index in [4.69, 9.17) is 5.11 Å². The van der Waals surface area contributed by atoms with Crippen LogP contribution in [0, 0.1) is 11.6 Å². The van der Waals surface area contributed by atoms with E-state index in [9.17, 15) is 13.6 Å². The van der Waals surface area contributed by atoms with Crippen molar-refractivity contribution in [2.75, 3.05) is 14.1 Å². The van der Waals surface area contributed by atoms with Gasteiger partial charge in [0.25, 0.3) is 0 Å². The van der Waals surface area contributed by atoms with Crippen LogP contribution >= 0.6 is 0 Å². The van der Waals surface area contributed by atoms with Crippen LogP contribution in [-0.2, 0) is 4.79 Å². The predicted molar refractivity (Wildman–Crippen MR) is 55.0 cm³/mol. The zero-order valence-electron chi connectivity index (χ0n) is 9.08. The Morgan fingerprint density at radius 1 is 1.31 bits per heavy atom. The Kier molecular flexibility index (Phi) is 3.95. The molecule has 0 bridgehead atoms. The van der Waals surface area contributed by atoms with E-state index in [1.54, 1.807) is 19.0 Å². The topological polar surface area (TPSA) is 40.5 Å². The molecule has 0 aliphatic heterocycles. The lowest BCUT2D eigenvalue weighted by Crippen LogP contribution is -2.23. The number of rotatable bonds is 4. The molecule has 0 saturated heterocycles. The third-order valence-corrected chi connectivity index (χ3v) is 2.26. The summed E-state index contributed by atoms with van der Waals surface area (Å²) >= 11 is 0. The lowest BCUT2D eigenvalue weighted by molar-refractivity contribution is -0.138. The van der Waals surface area contributed by atoms with Crippen molar-refractivity contribution in [2.45, 2.75) is 12.5 Å². The number of benzene rings is 1. The second-order valence-electron chi connectivity index (χ2n) is 3.78. The van der Waals surface area contributed by atoms with Gasteiger partial charge in [0.1, 0.15) is 11.6 Å². The van der Waals surface area contributed by atoms with Gasteiger partial charge in [-0.1, -0.05) is 0 Å². The molecule has 5 heteroatoms. The predicted octanol–water partition coefficient (Wildman–Crippen LogP) is 2.04. The van der Waals surface area contributed by atoms with Crippen LogP contribution in [0.3, 0.4) is 0 Å². The van der Waals surface area contributed by atoms with Crippen LogP contribution in [0.5, 0.6) is 0 Å². The summed E-state index contributed by atoms with van der Waals surface area (Å²) in [6, 6.07) is 2.52. The lowest BCUT2D eigenvalue weighted by Gasteiger charge is -2.23. The third-order valence-electron chi connectivity index (χ3n) is 2.26. The number of carbonyl (C=O) groups is 1. The van der Waals surface area contributed by atoms with Gasteiger partial charge in [-0.25, -0.2) is 8.78 Å². The van der Waals surface area contributed by atoms with Gasteiger partial charge < -0.3 is 10.0 Å². The van der Waals surface area contributed by atoms with Crippen molar-refractivity contribution < 1.29 is 18.7 Å². The van der Waals surface area contributed by atoms with Crippen molar-refractivity contribution in [3.8, 4) is 0 Å². The Balaban J connectivity index is 3.05. The van der Waals surface area contributed by atoms with Gasteiger partial charge in [-0.15, -0.1) is 0 Å². The molecule has 1 atom stereocenters. The number of hydrogen-bond donors (Lipinski definition) is 1. The number of hydrogen-bond acceptors (Lipinski definition) is 2. The molecule has 1 N–H and O–H groups in total. The summed E-state index contributed by atoms with van der Waals surface area (Å²) in [6.45, 7) is 0. The van der Waals surface area contributed by atoms with Crippen LogP contribution in [-0.4, -0.2) is 30.1 Å². The maximum atomic E-state index is 13.0. The number of carboxylic acids is 1. The smallest absolute Gasteiger partial charge is 0.305 e. The van der Waals surface area contributed by atoms with Gasteiger partial charge in [-0.05, 0) is 31.8 Å². The molecule has 1 unspecified atom stereocenters. The Morgan fingerprint density at radius 2 is 1.81 bits per heavy atom. The largest absolute Gasteiger partial charge is 0.481 e. The number of carboxylic acid groups (broad SMARTS) is 1. The first-order chi connectivity index (χ1) is 7.40. The van der Waals surface area contributed by atoms with E-state index < -0.39 is 23.6 Å². The van der Waals surface area contributed by atoms with Crippen LogP contribution in [0.2, 0.25) is 0 Å². The Hall–Kier alpha value is -1.49. The minimum absolute atomic E-state index is 0.199. The average molecular weight is 229 g/mol. The highest BCUT2D eigenvalue weighted by Gasteiger charge is 2.19. The van der Waals surface area contributed by atoms with Crippen molar-refractivity contribution in [3.05, 3.63) is 35.4 Å². The molecule has 0 aliphatic rings. The molecule has 88 valence electrons. The first kappa shape index (κ1) is 12.6. The van der Waals surface area contributed by atoms with Crippen LogP contribution in [0.25, 0.3) is 0 Å². The third kappa shape index (κ3) is 3.27. The van der Waals surface area contributed by atoms with E-state index in [0.717, 1.165) is 18.2 Å². The zero-order valence-corrected chi connectivity index (χ0v) is 9.08. The zero-order chi connectivity index (χ0) is 12.3. The van der Waals surface area contributed by atoms with E-state index in [1.807, 2.05) is 0 Å². The average Bonchev–Trinajstić information content (AvgIpc) is 2.11. The quantitative estimate of drug-likeness (QED) is 0.858. The molecule has 0 amide bonds. The summed E-state index contributed by atoms with van der Waals surface area (Å²) in [4.78, 5) is 12.3. The molecule has 0 saturated carbocycles. The summed E-state index contributed by atoms with van der Waals surface area (Å²) < 4.78 is 26.0. The van der Waals surface area contributed by atoms with Gasteiger partial charge in [-0.3, -0.25) is 4.79 Å². The van der Waals surface area contributed by atoms with Gasteiger partial charge in [0, 0.05) is 12.1 Å². The molecule has 0 radical (unpaired) electrons. The lowest BCUT2D eigenvalue weighted by atomic mass is 10.0. The first-order valence-electron chi connectivity index (χ1n) is 4.74. The van der Waals surface area contributed by atoms with E-state index in [0.29, 0.717) is 5.56 Å². The summed E-state index contributed by atoms with van der Waals surface area (Å²) in [5, 5.41) is 8.72. The molecular formula is C11H13F2NO2. The molecule has 0 aromatic heterocycles. The highest BCUT2D eigenvalue weighted by molar-refractivity contribution is 5.67. The van der Waals surface area contributed by atoms with Crippen LogP contribution in [0.4, 0.5) is 8.78 Å². The summed E-state index contributed by atoms with van der Waals surface area (Å²) in [5.74, 6) is -2.41. The fourth-order valence-corrected chi connectivity index (χ4v) is 1.53. The molecule has 3 nitrogen and oxygen atoms in total. The van der Waals surface area contributed by atoms with Crippen molar-refractivity contribution in [1.82, 2.24) is 4.90 Å². The SMILES string of the molecule is CN(C)C(CC(=O)O)c1cc(F)cc(F)c1. The molecule has 0 spiro atoms. The molecule has 0 aliphatic carbocycles. The van der Waals surface area contributed by atoms with Crippen LogP contribution < -0.4 is 0 Å². The molecule has 1 aromatic rings. The molecular weight excluding hydrogens is 216 g/mol. The second-order valence-corrected chi connectivity index (χ2v) is 3.78. The van der Waals surface area contributed by atoms with Crippen molar-refractivity contribution >= 4 is 5.97 Å². The Morgan fingerprint density at radius 3 is 2.19 bits per heavy atom. The fourth-order valence-electron chi connectivity index (χ4n) is 1.53. The van der Waals surface area contributed by atoms with E-state index in [2.05, 4.69) is 0 Å². The van der Waals surface area contributed by atoms with Gasteiger partial charge in [-0.2, -0.15) is 0 Å². The molecule has 0 heterocycles. The molecule has 16 heavy (non-hydrogen) atoms. The first-order valence-corrected chi connectivity index (χ1v) is 4.74. The summed E-state index contributed by atoms with van der Waals surface area (Å²) in [6.07, 6.45) is -0.199. The van der Waals surface area contributed by atoms with Gasteiger partial charge in [0.05, 0.1) is 6.42 Å². The standard InChI is InChI=1S/C11H13F2NO2/c1-14(2)10(6-11(15)16)7-3-8(12)5-9(13)4-7/h3-5,10H,6H2,1-2H3,(H,15,16). The number of aliphatic carboxylic acids is 1. The maximum Gasteiger partial charge on any atom is 0.305 e. The van der Waals surface area contributed by atoms with Crippen molar-refractivity contribution in [2.24, 2.45) is 0 Å². The number of nitrogens with zero attached hydrogens (tertiary/aromatic N) is 1. The Bertz CT molecular complexity index is 373.